The second kappa shape index (κ2) is 2.85. The third-order valence-electron chi connectivity index (χ3n) is 1.29. The van der Waals surface area contributed by atoms with Crippen LogP contribution in [0.2, 0.25) is 0 Å². The zero-order valence-electron chi connectivity index (χ0n) is 5.99. The fourth-order valence-corrected chi connectivity index (χ4v) is 0.717. The van der Waals surface area contributed by atoms with E-state index in [9.17, 15) is 0 Å². The van der Waals surface area contributed by atoms with Crippen molar-refractivity contribution in [3.05, 3.63) is 0 Å². The molecule has 0 fully saturated rings. The van der Waals surface area contributed by atoms with Crippen LogP contribution in [0.25, 0.3) is 0 Å². The Morgan fingerprint density at radius 2 is 2.00 bits per heavy atom. The molecule has 1 nitrogen and oxygen atoms in total. The maximum absolute atomic E-state index is 6.98. The minimum Gasteiger partial charge on any atom is -0.313 e. The molecule has 0 aromatic heterocycles. The van der Waals surface area contributed by atoms with Gasteiger partial charge in [0.25, 0.3) is 0 Å². The van der Waals surface area contributed by atoms with Crippen molar-refractivity contribution in [2.24, 2.45) is 5.41 Å². The lowest BCUT2D eigenvalue weighted by atomic mass is 9.90. The van der Waals surface area contributed by atoms with E-state index in [-0.39, 0.29) is 5.41 Å². The summed E-state index contributed by atoms with van der Waals surface area (Å²) >= 11 is 0. The molecule has 0 rings (SSSR count). The number of nitrogens with one attached hydrogen (secondary N) is 1. The zero-order chi connectivity index (χ0) is 6.62. The van der Waals surface area contributed by atoms with Crippen molar-refractivity contribution in [3.63, 3.8) is 0 Å². The van der Waals surface area contributed by atoms with E-state index < -0.39 is 0 Å². The summed E-state index contributed by atoms with van der Waals surface area (Å²) in [5.74, 6) is 0. The predicted octanol–water partition coefficient (Wildman–Crippen LogP) is 2.46. The van der Waals surface area contributed by atoms with Gasteiger partial charge < -0.3 is 5.41 Å². The topological polar surface area (TPSA) is 23.9 Å². The van der Waals surface area contributed by atoms with E-state index in [4.69, 9.17) is 5.41 Å². The van der Waals surface area contributed by atoms with Crippen LogP contribution in [0, 0.1) is 10.8 Å². The summed E-state index contributed by atoms with van der Waals surface area (Å²) in [5.41, 5.74) is 0.134. The zero-order valence-corrected chi connectivity index (χ0v) is 5.99. The summed E-state index contributed by atoms with van der Waals surface area (Å²) in [5, 5.41) is 6.98. The van der Waals surface area contributed by atoms with Crippen LogP contribution in [-0.4, -0.2) is 6.21 Å². The minimum absolute atomic E-state index is 0.134. The molecule has 0 radical (unpaired) electrons. The highest BCUT2D eigenvalue weighted by molar-refractivity contribution is 5.60. The Morgan fingerprint density at radius 3 is 2.12 bits per heavy atom. The van der Waals surface area contributed by atoms with Gasteiger partial charge in [-0.1, -0.05) is 27.2 Å². The molecule has 0 saturated carbocycles. The van der Waals surface area contributed by atoms with Crippen LogP contribution < -0.4 is 0 Å². The van der Waals surface area contributed by atoms with Crippen molar-refractivity contribution in [1.29, 1.82) is 5.41 Å². The molecule has 0 unspecified atom stereocenters. The van der Waals surface area contributed by atoms with Crippen molar-refractivity contribution in [2.45, 2.75) is 33.6 Å². The molecule has 0 saturated heterocycles. The van der Waals surface area contributed by atoms with Crippen LogP contribution in [-0.2, 0) is 0 Å². The molecule has 0 aliphatic rings. The Kier molecular flexibility index (Phi) is 2.74. The van der Waals surface area contributed by atoms with Crippen LogP contribution in [0.3, 0.4) is 0 Å². The molecule has 0 atom stereocenters. The van der Waals surface area contributed by atoms with E-state index in [0.717, 1.165) is 6.42 Å². The van der Waals surface area contributed by atoms with Crippen molar-refractivity contribution in [3.8, 4) is 0 Å². The van der Waals surface area contributed by atoms with Gasteiger partial charge in [-0.2, -0.15) is 0 Å². The first-order valence-electron chi connectivity index (χ1n) is 3.14. The largest absolute Gasteiger partial charge is 0.313 e. The van der Waals surface area contributed by atoms with Gasteiger partial charge in [-0.25, -0.2) is 0 Å². The molecular weight excluding hydrogens is 98.1 g/mol. The average Bonchev–Trinajstić information content (AvgIpc) is 1.67. The van der Waals surface area contributed by atoms with E-state index in [1.165, 1.54) is 12.6 Å². The fraction of sp³-hybridized carbons (Fsp3) is 0.857. The highest BCUT2D eigenvalue weighted by Crippen LogP contribution is 2.17. The molecule has 0 aliphatic carbocycles. The van der Waals surface area contributed by atoms with E-state index >= 15 is 0 Å². The second-order valence-electron chi connectivity index (χ2n) is 2.88. The molecule has 0 spiro atoms. The van der Waals surface area contributed by atoms with Gasteiger partial charge in [-0.3, -0.25) is 0 Å². The summed E-state index contributed by atoms with van der Waals surface area (Å²) in [6, 6.07) is 0. The first-order chi connectivity index (χ1) is 3.62. The van der Waals surface area contributed by atoms with E-state index in [1.54, 1.807) is 0 Å². The molecule has 0 bridgehead atoms. The lowest BCUT2D eigenvalue weighted by Gasteiger charge is -2.15. The third kappa shape index (κ3) is 2.78. The van der Waals surface area contributed by atoms with Gasteiger partial charge in [0.1, 0.15) is 0 Å². The summed E-state index contributed by atoms with van der Waals surface area (Å²) in [7, 11) is 0. The Labute approximate surface area is 51.6 Å². The summed E-state index contributed by atoms with van der Waals surface area (Å²) in [6.45, 7) is 6.32. The highest BCUT2D eigenvalue weighted by Gasteiger charge is 2.10. The molecule has 0 heterocycles. The van der Waals surface area contributed by atoms with E-state index in [0.29, 0.717) is 0 Å². The van der Waals surface area contributed by atoms with E-state index in [2.05, 4.69) is 20.8 Å². The Bertz CT molecular complexity index is 74.5. The molecule has 8 heavy (non-hydrogen) atoms. The SMILES string of the molecule is CCCC(C)(C)C=N. The second-order valence-corrected chi connectivity index (χ2v) is 2.88. The lowest BCUT2D eigenvalue weighted by Crippen LogP contribution is -2.10. The molecular formula is C7H15N. The van der Waals surface area contributed by atoms with Crippen LogP contribution in [0.5, 0.6) is 0 Å². The van der Waals surface area contributed by atoms with Crippen molar-refractivity contribution >= 4 is 6.21 Å². The minimum atomic E-state index is 0.134. The van der Waals surface area contributed by atoms with Crippen molar-refractivity contribution < 1.29 is 0 Å². The molecule has 1 N–H and O–H groups in total. The quantitative estimate of drug-likeness (QED) is 0.544. The molecule has 48 valence electrons. The predicted molar refractivity (Wildman–Crippen MR) is 37.5 cm³/mol. The smallest absolute Gasteiger partial charge is 0.000867 e. The molecule has 0 amide bonds. The Morgan fingerprint density at radius 1 is 1.50 bits per heavy atom. The van der Waals surface area contributed by atoms with Gasteiger partial charge >= 0.3 is 0 Å². The van der Waals surface area contributed by atoms with Gasteiger partial charge in [0, 0.05) is 6.21 Å². The lowest BCUT2D eigenvalue weighted by molar-refractivity contribution is 0.478. The summed E-state index contributed by atoms with van der Waals surface area (Å²) < 4.78 is 0. The van der Waals surface area contributed by atoms with Gasteiger partial charge in [0.05, 0.1) is 0 Å². The van der Waals surface area contributed by atoms with Crippen LogP contribution >= 0.6 is 0 Å². The van der Waals surface area contributed by atoms with Gasteiger partial charge in [-0.05, 0) is 11.8 Å². The Balaban J connectivity index is 3.53. The molecule has 1 heteroatoms. The van der Waals surface area contributed by atoms with Gasteiger partial charge in [0.2, 0.25) is 0 Å². The number of rotatable bonds is 3. The maximum Gasteiger partial charge on any atom is 0.000867 e. The fourth-order valence-electron chi connectivity index (χ4n) is 0.717. The van der Waals surface area contributed by atoms with Crippen LogP contribution in [0.1, 0.15) is 33.6 Å². The first kappa shape index (κ1) is 7.67. The monoisotopic (exact) mass is 113 g/mol. The van der Waals surface area contributed by atoms with Crippen molar-refractivity contribution in [1.82, 2.24) is 0 Å². The Hall–Kier alpha value is -0.330. The average molecular weight is 113 g/mol. The van der Waals surface area contributed by atoms with E-state index in [1.807, 2.05) is 0 Å². The number of hydrogen-bond donors (Lipinski definition) is 1. The van der Waals surface area contributed by atoms with Crippen molar-refractivity contribution in [2.75, 3.05) is 0 Å². The molecule has 0 aromatic rings. The normalized spacial score (nSPS) is 11.4. The molecule has 0 aromatic carbocycles. The highest BCUT2D eigenvalue weighted by atomic mass is 14.4. The first-order valence-corrected chi connectivity index (χ1v) is 3.14. The summed E-state index contributed by atoms with van der Waals surface area (Å²) in [6.07, 6.45) is 3.81. The van der Waals surface area contributed by atoms with Gasteiger partial charge in [-0.15, -0.1) is 0 Å². The number of hydrogen-bond acceptors (Lipinski definition) is 1. The summed E-state index contributed by atoms with van der Waals surface area (Å²) in [4.78, 5) is 0. The third-order valence-corrected chi connectivity index (χ3v) is 1.29. The standard InChI is InChI=1S/C7H15N/c1-4-5-7(2,3)6-8/h6,8H,4-5H2,1-3H3. The molecule has 0 aliphatic heterocycles. The van der Waals surface area contributed by atoms with Gasteiger partial charge in [0.15, 0.2) is 0 Å². The van der Waals surface area contributed by atoms with Crippen LogP contribution in [0.4, 0.5) is 0 Å². The van der Waals surface area contributed by atoms with Crippen LogP contribution in [0.15, 0.2) is 0 Å². The maximum atomic E-state index is 6.98.